The van der Waals surface area contributed by atoms with Crippen LogP contribution in [0.2, 0.25) is 0 Å². The van der Waals surface area contributed by atoms with E-state index in [9.17, 15) is 0 Å². The van der Waals surface area contributed by atoms with Gasteiger partial charge in [0.15, 0.2) is 0 Å². The van der Waals surface area contributed by atoms with Crippen molar-refractivity contribution in [1.29, 1.82) is 0 Å². The number of hydrogen-bond acceptors (Lipinski definition) is 4. The van der Waals surface area contributed by atoms with Crippen molar-refractivity contribution >= 4 is 15.9 Å². The summed E-state index contributed by atoms with van der Waals surface area (Å²) >= 11 is 3.45. The summed E-state index contributed by atoms with van der Waals surface area (Å²) in [6, 6.07) is 8.12. The molecule has 18 heavy (non-hydrogen) atoms. The molecule has 5 heteroatoms. The summed E-state index contributed by atoms with van der Waals surface area (Å²) in [6.07, 6.45) is 2.51. The molecule has 0 radical (unpaired) electrons. The minimum Gasteiger partial charge on any atom is -0.425 e. The molecule has 0 bridgehead atoms. The average molecular weight is 310 g/mol. The second-order valence-electron chi connectivity index (χ2n) is 4.10. The van der Waals surface area contributed by atoms with E-state index in [4.69, 9.17) is 4.42 Å². The molecule has 0 amide bonds. The maximum absolute atomic E-state index is 5.61. The minimum atomic E-state index is 0.674. The van der Waals surface area contributed by atoms with Crippen molar-refractivity contribution in [2.75, 3.05) is 13.6 Å². The van der Waals surface area contributed by atoms with Crippen LogP contribution in [0, 0.1) is 0 Å². The summed E-state index contributed by atoms with van der Waals surface area (Å²) in [5.74, 6) is 1.39. The van der Waals surface area contributed by atoms with Crippen molar-refractivity contribution in [2.45, 2.75) is 19.3 Å². The molecule has 0 spiro atoms. The highest BCUT2D eigenvalue weighted by atomic mass is 79.9. The Morgan fingerprint density at radius 2 is 2.11 bits per heavy atom. The average Bonchev–Trinajstić information content (AvgIpc) is 2.77. The fourth-order valence-corrected chi connectivity index (χ4v) is 2.15. The van der Waals surface area contributed by atoms with Crippen LogP contribution in [0.4, 0.5) is 0 Å². The third-order valence-electron chi connectivity index (χ3n) is 2.57. The Morgan fingerprint density at radius 3 is 2.89 bits per heavy atom. The first-order valence-corrected chi connectivity index (χ1v) is 6.77. The lowest BCUT2D eigenvalue weighted by atomic mass is 10.1. The molecule has 1 heterocycles. The SMILES string of the molecule is CNCCCc1nnc(Cc2cccc(Br)c2)o1. The first-order valence-electron chi connectivity index (χ1n) is 5.98. The van der Waals surface area contributed by atoms with Crippen LogP contribution in [0.3, 0.4) is 0 Å². The lowest BCUT2D eigenvalue weighted by Crippen LogP contribution is -2.08. The maximum Gasteiger partial charge on any atom is 0.220 e. The minimum absolute atomic E-state index is 0.674. The van der Waals surface area contributed by atoms with Crippen molar-refractivity contribution in [3.63, 3.8) is 0 Å². The number of aryl methyl sites for hydroxylation is 1. The number of nitrogens with one attached hydrogen (secondary N) is 1. The Kier molecular flexibility index (Phi) is 4.90. The summed E-state index contributed by atoms with van der Waals surface area (Å²) in [7, 11) is 1.94. The van der Waals surface area contributed by atoms with Gasteiger partial charge in [0.05, 0.1) is 6.42 Å². The second-order valence-corrected chi connectivity index (χ2v) is 5.02. The molecule has 0 unspecified atom stereocenters. The van der Waals surface area contributed by atoms with Gasteiger partial charge in [0.25, 0.3) is 0 Å². The smallest absolute Gasteiger partial charge is 0.220 e. The molecular weight excluding hydrogens is 294 g/mol. The number of rotatable bonds is 6. The predicted molar refractivity (Wildman–Crippen MR) is 73.5 cm³/mol. The molecule has 2 aromatic rings. The Bertz CT molecular complexity index is 498. The third kappa shape index (κ3) is 3.92. The molecule has 0 aliphatic heterocycles. The molecule has 0 saturated heterocycles. The summed E-state index contributed by atoms with van der Waals surface area (Å²) < 4.78 is 6.67. The lowest BCUT2D eigenvalue weighted by molar-refractivity contribution is 0.451. The van der Waals surface area contributed by atoms with Crippen LogP contribution < -0.4 is 5.32 Å². The first kappa shape index (κ1) is 13.2. The number of hydrogen-bond donors (Lipinski definition) is 1. The standard InChI is InChI=1S/C13H16BrN3O/c1-15-7-3-6-12-16-17-13(18-12)9-10-4-2-5-11(14)8-10/h2,4-5,8,15H,3,6-7,9H2,1H3. The van der Waals surface area contributed by atoms with E-state index in [0.29, 0.717) is 12.3 Å². The molecule has 0 aliphatic carbocycles. The number of benzene rings is 1. The highest BCUT2D eigenvalue weighted by Gasteiger charge is 2.06. The first-order chi connectivity index (χ1) is 8.78. The van der Waals surface area contributed by atoms with Crippen molar-refractivity contribution in [3.05, 3.63) is 46.1 Å². The van der Waals surface area contributed by atoms with Crippen LogP contribution in [0.5, 0.6) is 0 Å². The van der Waals surface area contributed by atoms with Crippen molar-refractivity contribution in [2.24, 2.45) is 0 Å². The van der Waals surface area contributed by atoms with Gasteiger partial charge in [-0.1, -0.05) is 28.1 Å². The fourth-order valence-electron chi connectivity index (χ4n) is 1.70. The van der Waals surface area contributed by atoms with Gasteiger partial charge < -0.3 is 9.73 Å². The van der Waals surface area contributed by atoms with E-state index >= 15 is 0 Å². The van der Waals surface area contributed by atoms with Crippen molar-refractivity contribution in [1.82, 2.24) is 15.5 Å². The van der Waals surface area contributed by atoms with Gasteiger partial charge in [0.2, 0.25) is 11.8 Å². The van der Waals surface area contributed by atoms with Gasteiger partial charge in [-0.3, -0.25) is 0 Å². The van der Waals surface area contributed by atoms with E-state index in [1.165, 1.54) is 0 Å². The zero-order valence-corrected chi connectivity index (χ0v) is 11.9. The Labute approximate surface area is 115 Å². The third-order valence-corrected chi connectivity index (χ3v) is 3.06. The Hall–Kier alpha value is -1.20. The van der Waals surface area contributed by atoms with E-state index in [0.717, 1.165) is 35.3 Å². The van der Waals surface area contributed by atoms with Gasteiger partial charge in [-0.05, 0) is 37.7 Å². The topological polar surface area (TPSA) is 51.0 Å². The maximum atomic E-state index is 5.61. The molecule has 4 nitrogen and oxygen atoms in total. The molecule has 0 aliphatic rings. The largest absolute Gasteiger partial charge is 0.425 e. The molecule has 0 fully saturated rings. The molecule has 0 atom stereocenters. The monoisotopic (exact) mass is 309 g/mol. The number of halogens is 1. The number of nitrogens with zero attached hydrogens (tertiary/aromatic N) is 2. The zero-order chi connectivity index (χ0) is 12.8. The molecular formula is C13H16BrN3O. The predicted octanol–water partition coefficient (Wildman–Crippen LogP) is 2.57. The van der Waals surface area contributed by atoms with Gasteiger partial charge in [0, 0.05) is 10.9 Å². The molecule has 0 saturated carbocycles. The van der Waals surface area contributed by atoms with Crippen LogP contribution in [0.15, 0.2) is 33.2 Å². The molecule has 2 rings (SSSR count). The summed E-state index contributed by atoms with van der Waals surface area (Å²) in [4.78, 5) is 0. The normalized spacial score (nSPS) is 10.8. The lowest BCUT2D eigenvalue weighted by Gasteiger charge is -1.97. The highest BCUT2D eigenvalue weighted by Crippen LogP contribution is 2.15. The number of aromatic nitrogens is 2. The fraction of sp³-hybridized carbons (Fsp3) is 0.385. The quantitative estimate of drug-likeness (QED) is 0.833. The van der Waals surface area contributed by atoms with E-state index in [1.807, 2.05) is 19.2 Å². The molecule has 1 aromatic heterocycles. The zero-order valence-electron chi connectivity index (χ0n) is 10.3. The van der Waals surface area contributed by atoms with Crippen LogP contribution >= 0.6 is 15.9 Å². The molecule has 96 valence electrons. The molecule has 1 N–H and O–H groups in total. The van der Waals surface area contributed by atoms with Gasteiger partial charge >= 0.3 is 0 Å². The second kappa shape index (κ2) is 6.66. The van der Waals surface area contributed by atoms with Gasteiger partial charge in [0.1, 0.15) is 0 Å². The Morgan fingerprint density at radius 1 is 1.28 bits per heavy atom. The van der Waals surface area contributed by atoms with Crippen LogP contribution in [-0.2, 0) is 12.8 Å². The van der Waals surface area contributed by atoms with Crippen molar-refractivity contribution in [3.8, 4) is 0 Å². The Balaban J connectivity index is 1.94. The van der Waals surface area contributed by atoms with E-state index in [-0.39, 0.29) is 0 Å². The van der Waals surface area contributed by atoms with Crippen LogP contribution in [0.25, 0.3) is 0 Å². The van der Waals surface area contributed by atoms with E-state index in [1.54, 1.807) is 0 Å². The van der Waals surface area contributed by atoms with Crippen molar-refractivity contribution < 1.29 is 4.42 Å². The van der Waals surface area contributed by atoms with E-state index < -0.39 is 0 Å². The highest BCUT2D eigenvalue weighted by molar-refractivity contribution is 9.10. The summed E-state index contributed by atoms with van der Waals surface area (Å²) in [5, 5.41) is 11.2. The van der Waals surface area contributed by atoms with E-state index in [2.05, 4.69) is 43.6 Å². The summed E-state index contributed by atoms with van der Waals surface area (Å²) in [6.45, 7) is 0.962. The molecule has 1 aromatic carbocycles. The van der Waals surface area contributed by atoms with Gasteiger partial charge in [-0.15, -0.1) is 10.2 Å². The van der Waals surface area contributed by atoms with Gasteiger partial charge in [-0.25, -0.2) is 0 Å². The van der Waals surface area contributed by atoms with Gasteiger partial charge in [-0.2, -0.15) is 0 Å². The van der Waals surface area contributed by atoms with Crippen LogP contribution in [-0.4, -0.2) is 23.8 Å². The summed E-state index contributed by atoms with van der Waals surface area (Å²) in [5.41, 5.74) is 1.16. The van der Waals surface area contributed by atoms with Crippen LogP contribution in [0.1, 0.15) is 23.8 Å².